The summed E-state index contributed by atoms with van der Waals surface area (Å²) in [5.41, 5.74) is 0.542. The van der Waals surface area contributed by atoms with Gasteiger partial charge in [-0.1, -0.05) is 36.5 Å². The van der Waals surface area contributed by atoms with Crippen molar-refractivity contribution >= 4 is 34.8 Å². The van der Waals surface area contributed by atoms with E-state index in [1.54, 1.807) is 18.2 Å². The maximum Gasteiger partial charge on any atom is 0.241 e. The number of nitrogens with one attached hydrogen (secondary N) is 1. The van der Waals surface area contributed by atoms with Crippen molar-refractivity contribution in [2.75, 3.05) is 5.32 Å². The Bertz CT molecular complexity index is 454. The smallest absolute Gasteiger partial charge is 0.241 e. The average Bonchev–Trinajstić information content (AvgIpc) is 2.30. The number of benzene rings is 1. The molecule has 1 aromatic carbocycles. The molecule has 0 aromatic heterocycles. The van der Waals surface area contributed by atoms with Gasteiger partial charge in [-0.2, -0.15) is 5.26 Å². The van der Waals surface area contributed by atoms with Gasteiger partial charge < -0.3 is 5.32 Å². The van der Waals surface area contributed by atoms with E-state index in [-0.39, 0.29) is 5.91 Å². The number of anilines is 1. The molecule has 0 radical (unpaired) electrons. The van der Waals surface area contributed by atoms with Crippen molar-refractivity contribution in [3.63, 3.8) is 0 Å². The summed E-state index contributed by atoms with van der Waals surface area (Å²) in [6.45, 7) is 1.93. The SMILES string of the molecule is CCCC(C#N)C(=O)Nc1ccc(Cl)c(Cl)c1. The fourth-order valence-electron chi connectivity index (χ4n) is 1.35. The van der Waals surface area contributed by atoms with Gasteiger partial charge in [0.15, 0.2) is 0 Å². The molecule has 1 aromatic rings. The second-order valence-electron chi connectivity index (χ2n) is 3.59. The number of nitrogens with zero attached hydrogens (tertiary/aromatic N) is 1. The molecule has 0 saturated heterocycles. The van der Waals surface area contributed by atoms with Crippen LogP contribution in [-0.2, 0) is 4.79 Å². The lowest BCUT2D eigenvalue weighted by molar-refractivity contribution is -0.118. The second kappa shape index (κ2) is 6.48. The zero-order valence-corrected chi connectivity index (χ0v) is 10.8. The molecule has 5 heteroatoms. The molecule has 1 amide bonds. The summed E-state index contributed by atoms with van der Waals surface area (Å²) in [5, 5.41) is 12.3. The van der Waals surface area contributed by atoms with Gasteiger partial charge in [-0.25, -0.2) is 0 Å². The lowest BCUT2D eigenvalue weighted by Gasteiger charge is -2.09. The summed E-state index contributed by atoms with van der Waals surface area (Å²) >= 11 is 11.6. The normalized spacial score (nSPS) is 11.6. The van der Waals surface area contributed by atoms with Gasteiger partial charge in [-0.3, -0.25) is 4.79 Å². The average molecular weight is 271 g/mol. The van der Waals surface area contributed by atoms with Crippen LogP contribution in [0.2, 0.25) is 10.0 Å². The Morgan fingerprint density at radius 3 is 2.71 bits per heavy atom. The summed E-state index contributed by atoms with van der Waals surface area (Å²) < 4.78 is 0. The highest BCUT2D eigenvalue weighted by Crippen LogP contribution is 2.25. The summed E-state index contributed by atoms with van der Waals surface area (Å²) in [5.74, 6) is -0.942. The van der Waals surface area contributed by atoms with Gasteiger partial charge in [0, 0.05) is 5.69 Å². The van der Waals surface area contributed by atoms with Crippen molar-refractivity contribution in [1.82, 2.24) is 0 Å². The molecule has 0 aliphatic heterocycles. The highest BCUT2D eigenvalue weighted by atomic mass is 35.5. The minimum Gasteiger partial charge on any atom is -0.325 e. The number of hydrogen-bond donors (Lipinski definition) is 1. The highest BCUT2D eigenvalue weighted by Gasteiger charge is 2.16. The lowest BCUT2D eigenvalue weighted by Crippen LogP contribution is -2.21. The predicted octanol–water partition coefficient (Wildman–Crippen LogP) is 3.87. The Morgan fingerprint density at radius 1 is 1.47 bits per heavy atom. The molecular formula is C12H12Cl2N2O. The maximum atomic E-state index is 11.7. The third-order valence-electron chi connectivity index (χ3n) is 2.24. The fourth-order valence-corrected chi connectivity index (χ4v) is 1.64. The highest BCUT2D eigenvalue weighted by molar-refractivity contribution is 6.42. The summed E-state index contributed by atoms with van der Waals surface area (Å²) in [4.78, 5) is 11.7. The van der Waals surface area contributed by atoms with Gasteiger partial charge in [0.1, 0.15) is 5.92 Å². The number of amides is 1. The number of nitriles is 1. The zero-order chi connectivity index (χ0) is 12.8. The van der Waals surface area contributed by atoms with Crippen molar-refractivity contribution in [3.05, 3.63) is 28.2 Å². The van der Waals surface area contributed by atoms with E-state index in [0.29, 0.717) is 22.2 Å². The van der Waals surface area contributed by atoms with Crippen LogP contribution in [0.25, 0.3) is 0 Å². The molecule has 0 fully saturated rings. The molecule has 1 unspecified atom stereocenters. The molecule has 0 saturated carbocycles. The summed E-state index contributed by atoms with van der Waals surface area (Å²) in [6, 6.07) is 6.78. The van der Waals surface area contributed by atoms with Gasteiger partial charge in [0.05, 0.1) is 16.1 Å². The van der Waals surface area contributed by atoms with Crippen molar-refractivity contribution in [3.8, 4) is 6.07 Å². The molecule has 17 heavy (non-hydrogen) atoms. The van der Waals surface area contributed by atoms with E-state index in [2.05, 4.69) is 5.32 Å². The number of rotatable bonds is 4. The van der Waals surface area contributed by atoms with Crippen LogP contribution in [0.3, 0.4) is 0 Å². The molecule has 0 aliphatic carbocycles. The van der Waals surface area contributed by atoms with Gasteiger partial charge >= 0.3 is 0 Å². The van der Waals surface area contributed by atoms with E-state index in [0.717, 1.165) is 6.42 Å². The number of carbonyl (C=O) groups excluding carboxylic acids is 1. The Hall–Kier alpha value is -1.24. The van der Waals surface area contributed by atoms with Gasteiger partial charge in [0.2, 0.25) is 5.91 Å². The Morgan fingerprint density at radius 2 is 2.18 bits per heavy atom. The lowest BCUT2D eigenvalue weighted by atomic mass is 10.0. The van der Waals surface area contributed by atoms with Crippen LogP contribution in [0, 0.1) is 17.2 Å². The first-order valence-corrected chi connectivity index (χ1v) is 5.99. The first kappa shape index (κ1) is 13.8. The van der Waals surface area contributed by atoms with Crippen LogP contribution in [0.15, 0.2) is 18.2 Å². The molecule has 3 nitrogen and oxygen atoms in total. The van der Waals surface area contributed by atoms with Gasteiger partial charge in [-0.15, -0.1) is 0 Å². The van der Waals surface area contributed by atoms with E-state index >= 15 is 0 Å². The van der Waals surface area contributed by atoms with Crippen LogP contribution in [-0.4, -0.2) is 5.91 Å². The third kappa shape index (κ3) is 3.92. The number of halogens is 2. The van der Waals surface area contributed by atoms with Crippen LogP contribution >= 0.6 is 23.2 Å². The van der Waals surface area contributed by atoms with Crippen molar-refractivity contribution in [2.45, 2.75) is 19.8 Å². The molecule has 1 atom stereocenters. The Labute approximate surface area is 110 Å². The molecule has 0 spiro atoms. The summed E-state index contributed by atoms with van der Waals surface area (Å²) in [7, 11) is 0. The topological polar surface area (TPSA) is 52.9 Å². The minimum atomic E-state index is -0.630. The number of hydrogen-bond acceptors (Lipinski definition) is 2. The van der Waals surface area contributed by atoms with Crippen LogP contribution in [0.5, 0.6) is 0 Å². The second-order valence-corrected chi connectivity index (χ2v) is 4.40. The number of carbonyl (C=O) groups is 1. The van der Waals surface area contributed by atoms with E-state index in [1.165, 1.54) is 0 Å². The Balaban J connectivity index is 2.74. The van der Waals surface area contributed by atoms with E-state index < -0.39 is 5.92 Å². The monoisotopic (exact) mass is 270 g/mol. The van der Waals surface area contributed by atoms with Gasteiger partial charge in [0.25, 0.3) is 0 Å². The predicted molar refractivity (Wildman–Crippen MR) is 69.1 cm³/mol. The minimum absolute atomic E-state index is 0.312. The largest absolute Gasteiger partial charge is 0.325 e. The van der Waals surface area contributed by atoms with Crippen molar-refractivity contribution < 1.29 is 4.79 Å². The third-order valence-corrected chi connectivity index (χ3v) is 2.98. The molecular weight excluding hydrogens is 259 g/mol. The first-order chi connectivity index (χ1) is 8.08. The molecule has 1 rings (SSSR count). The van der Waals surface area contributed by atoms with Crippen LogP contribution < -0.4 is 5.32 Å². The zero-order valence-electron chi connectivity index (χ0n) is 9.34. The van der Waals surface area contributed by atoms with Crippen molar-refractivity contribution in [2.24, 2.45) is 5.92 Å². The van der Waals surface area contributed by atoms with E-state index in [4.69, 9.17) is 28.5 Å². The maximum absolute atomic E-state index is 11.7. The molecule has 90 valence electrons. The molecule has 0 aliphatic rings. The standard InChI is InChI=1S/C12H12Cl2N2O/c1-2-3-8(7-15)12(17)16-9-4-5-10(13)11(14)6-9/h4-6,8H,2-3H2,1H3,(H,16,17). The first-order valence-electron chi connectivity index (χ1n) is 5.24. The summed E-state index contributed by atoms with van der Waals surface area (Å²) in [6.07, 6.45) is 1.33. The molecule has 0 bridgehead atoms. The van der Waals surface area contributed by atoms with Gasteiger partial charge in [-0.05, 0) is 24.6 Å². The van der Waals surface area contributed by atoms with Crippen LogP contribution in [0.4, 0.5) is 5.69 Å². The quantitative estimate of drug-likeness (QED) is 0.903. The molecule has 0 heterocycles. The Kier molecular flexibility index (Phi) is 5.27. The van der Waals surface area contributed by atoms with E-state index in [1.807, 2.05) is 13.0 Å². The van der Waals surface area contributed by atoms with Crippen LogP contribution in [0.1, 0.15) is 19.8 Å². The fraction of sp³-hybridized carbons (Fsp3) is 0.333. The van der Waals surface area contributed by atoms with Crippen molar-refractivity contribution in [1.29, 1.82) is 5.26 Å². The molecule has 1 N–H and O–H groups in total. The van der Waals surface area contributed by atoms with E-state index in [9.17, 15) is 4.79 Å².